The van der Waals surface area contributed by atoms with E-state index in [0.29, 0.717) is 112 Å². The number of benzene rings is 2. The SMILES string of the molecule is OCCOCCOCCOCCOCCOCCOCCOCCOCCOc1ccc2ccccc2c1. The average Bonchev–Trinajstić information content (AvgIpc) is 2.95. The molecule has 0 saturated carbocycles. The predicted molar refractivity (Wildman–Crippen MR) is 143 cm³/mol. The van der Waals surface area contributed by atoms with Crippen molar-refractivity contribution in [2.75, 3.05) is 119 Å². The van der Waals surface area contributed by atoms with Crippen LogP contribution in [0.1, 0.15) is 0 Å². The van der Waals surface area contributed by atoms with Gasteiger partial charge >= 0.3 is 0 Å². The Hall–Kier alpha value is -1.86. The minimum absolute atomic E-state index is 0.0286. The maximum absolute atomic E-state index is 8.57. The molecule has 0 fully saturated rings. The zero-order chi connectivity index (χ0) is 26.8. The maximum atomic E-state index is 8.57. The number of ether oxygens (including phenoxy) is 9. The van der Waals surface area contributed by atoms with E-state index < -0.39 is 0 Å². The molecule has 216 valence electrons. The highest BCUT2D eigenvalue weighted by molar-refractivity contribution is 5.83. The fraction of sp³-hybridized carbons (Fsp3) is 0.643. The lowest BCUT2D eigenvalue weighted by Crippen LogP contribution is -2.15. The molecule has 0 saturated heterocycles. The van der Waals surface area contributed by atoms with Gasteiger partial charge in [-0.1, -0.05) is 30.3 Å². The van der Waals surface area contributed by atoms with E-state index in [2.05, 4.69) is 18.2 Å². The van der Waals surface area contributed by atoms with Gasteiger partial charge in [-0.25, -0.2) is 0 Å². The molecule has 38 heavy (non-hydrogen) atoms. The Balaban J connectivity index is 1.21. The van der Waals surface area contributed by atoms with E-state index in [4.69, 9.17) is 47.7 Å². The van der Waals surface area contributed by atoms with Crippen LogP contribution in [0.15, 0.2) is 42.5 Å². The van der Waals surface area contributed by atoms with Crippen LogP contribution in [0.3, 0.4) is 0 Å². The second-order valence-corrected chi connectivity index (χ2v) is 7.98. The second kappa shape index (κ2) is 24.2. The molecule has 10 heteroatoms. The summed E-state index contributed by atoms with van der Waals surface area (Å²) in [6.07, 6.45) is 0. The van der Waals surface area contributed by atoms with Crippen LogP contribution >= 0.6 is 0 Å². The standard InChI is InChI=1S/C28H44O10/c29-7-8-30-9-10-31-11-12-32-13-14-33-15-16-34-17-18-35-19-20-36-21-22-37-23-24-38-28-6-5-26-3-1-2-4-27(26)25-28/h1-6,25,29H,7-24H2. The molecule has 0 aromatic heterocycles. The minimum Gasteiger partial charge on any atom is -0.491 e. The van der Waals surface area contributed by atoms with Crippen LogP contribution in [-0.4, -0.2) is 124 Å². The Labute approximate surface area is 225 Å². The third-order valence-electron chi connectivity index (χ3n) is 5.06. The van der Waals surface area contributed by atoms with Crippen molar-refractivity contribution < 1.29 is 47.7 Å². The topological polar surface area (TPSA) is 103 Å². The van der Waals surface area contributed by atoms with Crippen LogP contribution in [0.25, 0.3) is 10.8 Å². The van der Waals surface area contributed by atoms with Gasteiger partial charge in [0.25, 0.3) is 0 Å². The summed E-state index contributed by atoms with van der Waals surface area (Å²) < 4.78 is 48.9. The Morgan fingerprint density at radius 3 is 1.18 bits per heavy atom. The highest BCUT2D eigenvalue weighted by Gasteiger charge is 1.98. The van der Waals surface area contributed by atoms with Gasteiger partial charge in [-0.15, -0.1) is 0 Å². The van der Waals surface area contributed by atoms with Crippen molar-refractivity contribution >= 4 is 10.8 Å². The molecule has 10 nitrogen and oxygen atoms in total. The molecule has 0 amide bonds. The fourth-order valence-corrected chi connectivity index (χ4v) is 3.18. The van der Waals surface area contributed by atoms with Crippen LogP contribution in [0.2, 0.25) is 0 Å². The summed E-state index contributed by atoms with van der Waals surface area (Å²) in [6, 6.07) is 14.3. The zero-order valence-electron chi connectivity index (χ0n) is 22.4. The molecule has 0 unspecified atom stereocenters. The van der Waals surface area contributed by atoms with E-state index in [1.807, 2.05) is 24.3 Å². The summed E-state index contributed by atoms with van der Waals surface area (Å²) >= 11 is 0. The lowest BCUT2D eigenvalue weighted by Gasteiger charge is -2.09. The van der Waals surface area contributed by atoms with E-state index in [-0.39, 0.29) is 6.61 Å². The summed E-state index contributed by atoms with van der Waals surface area (Å²) in [5.41, 5.74) is 0. The molecule has 0 radical (unpaired) electrons. The molecule has 0 aliphatic rings. The van der Waals surface area contributed by atoms with E-state index in [0.717, 1.165) is 11.1 Å². The van der Waals surface area contributed by atoms with Gasteiger partial charge in [-0.05, 0) is 22.9 Å². The quantitative estimate of drug-likeness (QED) is 0.170. The van der Waals surface area contributed by atoms with Crippen molar-refractivity contribution in [3.63, 3.8) is 0 Å². The average molecular weight is 541 g/mol. The van der Waals surface area contributed by atoms with Gasteiger partial charge in [0.15, 0.2) is 0 Å². The monoisotopic (exact) mass is 540 g/mol. The summed E-state index contributed by atoms with van der Waals surface area (Å²) in [4.78, 5) is 0. The van der Waals surface area contributed by atoms with Gasteiger partial charge in [0.1, 0.15) is 12.4 Å². The van der Waals surface area contributed by atoms with Crippen LogP contribution in [0, 0.1) is 0 Å². The predicted octanol–water partition coefficient (Wildman–Crippen LogP) is 2.34. The Bertz CT molecular complexity index is 791. The van der Waals surface area contributed by atoms with Gasteiger partial charge in [0, 0.05) is 0 Å². The fourth-order valence-electron chi connectivity index (χ4n) is 3.18. The molecule has 0 spiro atoms. The summed E-state index contributed by atoms with van der Waals surface area (Å²) in [7, 11) is 0. The highest BCUT2D eigenvalue weighted by atomic mass is 16.6. The largest absolute Gasteiger partial charge is 0.491 e. The van der Waals surface area contributed by atoms with Crippen LogP contribution < -0.4 is 4.74 Å². The molecule has 0 bridgehead atoms. The van der Waals surface area contributed by atoms with Crippen molar-refractivity contribution in [2.24, 2.45) is 0 Å². The first-order valence-electron chi connectivity index (χ1n) is 13.2. The van der Waals surface area contributed by atoms with Gasteiger partial charge in [0.2, 0.25) is 0 Å². The van der Waals surface area contributed by atoms with Crippen molar-refractivity contribution in [3.05, 3.63) is 42.5 Å². The summed E-state index contributed by atoms with van der Waals surface area (Å²) in [6.45, 7) is 8.51. The Morgan fingerprint density at radius 1 is 0.395 bits per heavy atom. The first kappa shape index (κ1) is 32.4. The normalized spacial score (nSPS) is 11.4. The minimum atomic E-state index is 0.0286. The third kappa shape index (κ3) is 17.6. The second-order valence-electron chi connectivity index (χ2n) is 7.98. The van der Waals surface area contributed by atoms with Crippen LogP contribution in [0.4, 0.5) is 0 Å². The summed E-state index contributed by atoms with van der Waals surface area (Å²) in [5, 5.41) is 10.9. The first-order chi connectivity index (χ1) is 18.9. The van der Waals surface area contributed by atoms with Gasteiger partial charge in [0.05, 0.1) is 112 Å². The molecule has 1 N–H and O–H groups in total. The number of rotatable bonds is 27. The van der Waals surface area contributed by atoms with E-state index in [9.17, 15) is 0 Å². The number of hydrogen-bond donors (Lipinski definition) is 1. The van der Waals surface area contributed by atoms with Crippen molar-refractivity contribution in [1.29, 1.82) is 0 Å². The molecule has 0 aliphatic heterocycles. The number of fused-ring (bicyclic) bond motifs is 1. The highest BCUT2D eigenvalue weighted by Crippen LogP contribution is 2.20. The molecule has 0 atom stereocenters. The Kier molecular flexibility index (Phi) is 20.6. The zero-order valence-corrected chi connectivity index (χ0v) is 22.4. The lowest BCUT2D eigenvalue weighted by molar-refractivity contribution is -0.0242. The number of aliphatic hydroxyl groups is 1. The van der Waals surface area contributed by atoms with Gasteiger partial charge in [-0.2, -0.15) is 0 Å². The first-order valence-corrected chi connectivity index (χ1v) is 13.2. The van der Waals surface area contributed by atoms with Crippen molar-refractivity contribution in [1.82, 2.24) is 0 Å². The van der Waals surface area contributed by atoms with Crippen LogP contribution in [-0.2, 0) is 37.9 Å². The smallest absolute Gasteiger partial charge is 0.120 e. The number of aliphatic hydroxyl groups excluding tert-OH is 1. The number of hydrogen-bond acceptors (Lipinski definition) is 10. The van der Waals surface area contributed by atoms with Gasteiger partial charge in [-0.3, -0.25) is 0 Å². The molecular formula is C28H44O10. The lowest BCUT2D eigenvalue weighted by atomic mass is 10.1. The van der Waals surface area contributed by atoms with Crippen molar-refractivity contribution in [3.8, 4) is 5.75 Å². The third-order valence-corrected chi connectivity index (χ3v) is 5.06. The molecule has 0 aliphatic carbocycles. The molecule has 2 aromatic carbocycles. The van der Waals surface area contributed by atoms with E-state index in [1.54, 1.807) is 0 Å². The Morgan fingerprint density at radius 2 is 0.763 bits per heavy atom. The molecule has 2 rings (SSSR count). The van der Waals surface area contributed by atoms with Crippen molar-refractivity contribution in [2.45, 2.75) is 0 Å². The maximum Gasteiger partial charge on any atom is 0.120 e. The molecule has 2 aromatic rings. The molecule has 0 heterocycles. The summed E-state index contributed by atoms with van der Waals surface area (Å²) in [5.74, 6) is 0.846. The van der Waals surface area contributed by atoms with Gasteiger partial charge < -0.3 is 47.7 Å². The van der Waals surface area contributed by atoms with Crippen LogP contribution in [0.5, 0.6) is 5.75 Å². The van der Waals surface area contributed by atoms with E-state index >= 15 is 0 Å². The van der Waals surface area contributed by atoms with E-state index in [1.165, 1.54) is 5.39 Å². The molecular weight excluding hydrogens is 496 g/mol.